The average molecular weight is 451 g/mol. The van der Waals surface area contributed by atoms with Gasteiger partial charge in [-0.25, -0.2) is 0 Å². The van der Waals surface area contributed by atoms with Crippen molar-refractivity contribution >= 4 is 17.4 Å². The Morgan fingerprint density at radius 1 is 1.03 bits per heavy atom. The van der Waals surface area contributed by atoms with E-state index in [2.05, 4.69) is 13.8 Å². The Balaban J connectivity index is 2.06. The predicted molar refractivity (Wildman–Crippen MR) is 127 cm³/mol. The van der Waals surface area contributed by atoms with Gasteiger partial charge in [0, 0.05) is 5.57 Å². The Bertz CT molecular complexity index is 1010. The molecule has 1 aliphatic heterocycles. The first-order valence-electron chi connectivity index (χ1n) is 11.7. The second-order valence-electron chi connectivity index (χ2n) is 8.78. The summed E-state index contributed by atoms with van der Waals surface area (Å²) in [5, 5.41) is 13.4. The number of carbonyl (C=O) groups excluding carboxylic acids is 2. The first-order chi connectivity index (χ1) is 15.8. The van der Waals surface area contributed by atoms with Crippen LogP contribution in [0.3, 0.4) is 0 Å². The zero-order valence-corrected chi connectivity index (χ0v) is 20.2. The molecule has 2 aromatic rings. The number of amides is 1. The topological polar surface area (TPSA) is 74.1 Å². The normalized spacial score (nSPS) is 17.9. The van der Waals surface area contributed by atoms with E-state index in [9.17, 15) is 14.7 Å². The molecule has 1 N–H and O–H groups in total. The fraction of sp³-hybridized carbons (Fsp3) is 0.407. The van der Waals surface area contributed by atoms with Crippen molar-refractivity contribution in [1.82, 2.24) is 4.90 Å². The lowest BCUT2D eigenvalue weighted by Gasteiger charge is -2.28. The summed E-state index contributed by atoms with van der Waals surface area (Å²) >= 11 is 0. The van der Waals surface area contributed by atoms with E-state index < -0.39 is 23.5 Å². The lowest BCUT2D eigenvalue weighted by Crippen LogP contribution is -3.12. The molecular weight excluding hydrogens is 416 g/mol. The molecule has 3 rings (SSSR count). The minimum absolute atomic E-state index is 0.0240. The van der Waals surface area contributed by atoms with E-state index in [0.29, 0.717) is 24.4 Å². The summed E-state index contributed by atoms with van der Waals surface area (Å²) < 4.78 is 5.74. The highest BCUT2D eigenvalue weighted by atomic mass is 16.5. The van der Waals surface area contributed by atoms with Gasteiger partial charge in [-0.3, -0.25) is 9.59 Å². The van der Waals surface area contributed by atoms with Gasteiger partial charge < -0.3 is 19.6 Å². The lowest BCUT2D eigenvalue weighted by atomic mass is 9.95. The van der Waals surface area contributed by atoms with Crippen LogP contribution in [0.4, 0.5) is 0 Å². The molecule has 0 bridgehead atoms. The van der Waals surface area contributed by atoms with Crippen LogP contribution in [0.15, 0.2) is 54.1 Å². The molecule has 33 heavy (non-hydrogen) atoms. The highest BCUT2D eigenvalue weighted by molar-refractivity contribution is 6.46. The van der Waals surface area contributed by atoms with Crippen LogP contribution >= 0.6 is 0 Å². The molecule has 0 aliphatic carbocycles. The number of likely N-dealkylation sites (tertiary alicyclic amines) is 1. The van der Waals surface area contributed by atoms with Crippen LogP contribution in [0, 0.1) is 6.92 Å². The van der Waals surface area contributed by atoms with Gasteiger partial charge in [-0.2, -0.15) is 0 Å². The van der Waals surface area contributed by atoms with Crippen LogP contribution in [-0.2, 0) is 9.59 Å². The summed E-state index contributed by atoms with van der Waals surface area (Å²) in [6.45, 7) is 13.0. The molecule has 0 radical (unpaired) electrons. The maximum atomic E-state index is 13.4. The van der Waals surface area contributed by atoms with Crippen molar-refractivity contribution in [3.8, 4) is 5.75 Å². The maximum Gasteiger partial charge on any atom is 0.295 e. The number of rotatable bonds is 9. The zero-order valence-electron chi connectivity index (χ0n) is 20.2. The molecule has 1 saturated heterocycles. The van der Waals surface area contributed by atoms with Crippen LogP contribution in [-0.4, -0.2) is 48.9 Å². The Hall–Kier alpha value is -3.12. The highest BCUT2D eigenvalue weighted by Gasteiger charge is 2.44. The summed E-state index contributed by atoms with van der Waals surface area (Å²) in [4.78, 5) is 29.0. The highest BCUT2D eigenvalue weighted by Crippen LogP contribution is 2.38. The SMILES string of the molecule is CC[NH+](CC)CCN1C(=O)C(=O)C(=C([O-])c2ccc(C)cc2)C1c1ccc(OC(C)C)cc1. The number of hydrogen-bond donors (Lipinski definition) is 1. The second-order valence-corrected chi connectivity index (χ2v) is 8.78. The van der Waals surface area contributed by atoms with Gasteiger partial charge in [0.25, 0.3) is 5.91 Å². The van der Waals surface area contributed by atoms with Gasteiger partial charge in [0.05, 0.1) is 38.3 Å². The Kier molecular flexibility index (Phi) is 7.92. The molecule has 0 saturated carbocycles. The number of carbonyl (C=O) groups is 2. The second kappa shape index (κ2) is 10.7. The largest absolute Gasteiger partial charge is 0.872 e. The number of nitrogens with one attached hydrogen (secondary N) is 1. The third kappa shape index (κ3) is 5.45. The molecular formula is C27H34N2O4. The van der Waals surface area contributed by atoms with Gasteiger partial charge in [-0.05, 0) is 57.9 Å². The van der Waals surface area contributed by atoms with Crippen molar-refractivity contribution in [2.75, 3.05) is 26.2 Å². The molecule has 0 spiro atoms. The van der Waals surface area contributed by atoms with E-state index >= 15 is 0 Å². The molecule has 2 aromatic carbocycles. The fourth-order valence-electron chi connectivity index (χ4n) is 4.19. The molecule has 176 valence electrons. The van der Waals surface area contributed by atoms with Gasteiger partial charge in [0.2, 0.25) is 5.78 Å². The van der Waals surface area contributed by atoms with Crippen LogP contribution in [0.1, 0.15) is 50.4 Å². The van der Waals surface area contributed by atoms with Crippen molar-refractivity contribution in [3.63, 3.8) is 0 Å². The molecule has 6 heteroatoms. The van der Waals surface area contributed by atoms with Gasteiger partial charge in [0.15, 0.2) is 0 Å². The number of Topliss-reactive ketones (excluding diaryl/α,β-unsaturated/α-hetero) is 1. The van der Waals surface area contributed by atoms with Crippen molar-refractivity contribution in [1.29, 1.82) is 0 Å². The summed E-state index contributed by atoms with van der Waals surface area (Å²) in [5.74, 6) is -0.999. The monoisotopic (exact) mass is 450 g/mol. The molecule has 1 unspecified atom stereocenters. The minimum Gasteiger partial charge on any atom is -0.872 e. The number of likely N-dealkylation sites (N-methyl/N-ethyl adjacent to an activating group) is 1. The standard InChI is InChI=1S/C27H34N2O4/c1-6-28(7-2)16-17-29-24(20-12-14-22(15-13-20)33-18(3)4)23(26(31)27(29)32)25(30)21-10-8-19(5)9-11-21/h8-15,18,24,30H,6-7,16-17H2,1-5H3. The maximum absolute atomic E-state index is 13.4. The third-order valence-corrected chi connectivity index (χ3v) is 6.12. The molecule has 1 heterocycles. The predicted octanol–water partition coefficient (Wildman–Crippen LogP) is 1.93. The van der Waals surface area contributed by atoms with Gasteiger partial charge in [-0.1, -0.05) is 47.7 Å². The Morgan fingerprint density at radius 2 is 1.64 bits per heavy atom. The Morgan fingerprint density at radius 3 is 2.18 bits per heavy atom. The van der Waals surface area contributed by atoms with Crippen LogP contribution in [0.25, 0.3) is 5.76 Å². The smallest absolute Gasteiger partial charge is 0.295 e. The van der Waals surface area contributed by atoms with Crippen molar-refractivity contribution in [2.24, 2.45) is 0 Å². The van der Waals surface area contributed by atoms with Crippen LogP contribution < -0.4 is 14.7 Å². The molecule has 6 nitrogen and oxygen atoms in total. The summed E-state index contributed by atoms with van der Waals surface area (Å²) in [6.07, 6.45) is 0.0317. The van der Waals surface area contributed by atoms with Gasteiger partial charge >= 0.3 is 0 Å². The van der Waals surface area contributed by atoms with Crippen molar-refractivity contribution < 1.29 is 24.3 Å². The molecule has 0 aromatic heterocycles. The van der Waals surface area contributed by atoms with E-state index in [1.54, 1.807) is 17.0 Å². The number of ketones is 1. The third-order valence-electron chi connectivity index (χ3n) is 6.12. The van der Waals surface area contributed by atoms with Crippen LogP contribution in [0.2, 0.25) is 0 Å². The van der Waals surface area contributed by atoms with Crippen LogP contribution in [0.5, 0.6) is 5.75 Å². The first-order valence-corrected chi connectivity index (χ1v) is 11.7. The fourth-order valence-corrected chi connectivity index (χ4v) is 4.19. The number of aryl methyl sites for hydroxylation is 1. The average Bonchev–Trinajstić information content (AvgIpc) is 3.05. The van der Waals surface area contributed by atoms with E-state index in [0.717, 1.165) is 24.2 Å². The quantitative estimate of drug-likeness (QED) is 0.360. The Labute approximate surface area is 196 Å². The first kappa shape index (κ1) is 24.5. The van der Waals surface area contributed by atoms with Crippen molar-refractivity contribution in [2.45, 2.75) is 46.8 Å². The number of ether oxygens (including phenoxy) is 1. The number of benzene rings is 2. The molecule has 1 fully saturated rings. The van der Waals surface area contributed by atoms with Crippen molar-refractivity contribution in [3.05, 3.63) is 70.8 Å². The minimum atomic E-state index is -0.707. The van der Waals surface area contributed by atoms with Gasteiger partial charge in [0.1, 0.15) is 5.75 Å². The lowest BCUT2D eigenvalue weighted by molar-refractivity contribution is -0.895. The van der Waals surface area contributed by atoms with E-state index in [1.165, 1.54) is 4.90 Å². The van der Waals surface area contributed by atoms with E-state index in [4.69, 9.17) is 4.74 Å². The molecule has 1 atom stereocenters. The number of quaternary nitrogens is 1. The summed E-state index contributed by atoms with van der Waals surface area (Å²) in [6, 6.07) is 13.7. The summed E-state index contributed by atoms with van der Waals surface area (Å²) in [5.41, 5.74) is 2.19. The van der Waals surface area contributed by atoms with E-state index in [-0.39, 0.29) is 11.7 Å². The number of hydrogen-bond acceptors (Lipinski definition) is 4. The summed E-state index contributed by atoms with van der Waals surface area (Å²) in [7, 11) is 0. The number of nitrogens with zero attached hydrogens (tertiary/aromatic N) is 1. The molecule has 1 aliphatic rings. The van der Waals surface area contributed by atoms with Gasteiger partial charge in [-0.15, -0.1) is 0 Å². The zero-order chi connectivity index (χ0) is 24.1. The molecule has 1 amide bonds. The van der Waals surface area contributed by atoms with E-state index in [1.807, 2.05) is 57.2 Å².